The van der Waals surface area contributed by atoms with Crippen molar-refractivity contribution < 1.29 is 10.0 Å². The molecule has 6 heteroatoms. The zero-order valence-electron chi connectivity index (χ0n) is 11.4. The fraction of sp³-hybridized carbons (Fsp3) is 0.0667. The Hall–Kier alpha value is -2.37. The third-order valence-electron chi connectivity index (χ3n) is 2.61. The van der Waals surface area contributed by atoms with E-state index in [9.17, 15) is 4.79 Å². The lowest BCUT2D eigenvalue weighted by atomic mass is 10.2. The van der Waals surface area contributed by atoms with Crippen molar-refractivity contribution in [1.82, 2.24) is 10.5 Å². The Kier molecular flexibility index (Phi) is 6.39. The number of carbonyl (C=O) groups is 1. The van der Waals surface area contributed by atoms with Crippen molar-refractivity contribution >= 4 is 35.9 Å². The number of hydrogen-bond acceptors (Lipinski definition) is 4. The second-order valence-corrected chi connectivity index (χ2v) is 4.22. The number of nitrogens with one attached hydrogen (secondary N) is 2. The van der Waals surface area contributed by atoms with E-state index in [1.54, 1.807) is 6.08 Å². The Morgan fingerprint density at radius 1 is 1.19 bits per heavy atom. The summed E-state index contributed by atoms with van der Waals surface area (Å²) >= 11 is 0. The molecule has 0 bridgehead atoms. The van der Waals surface area contributed by atoms with Gasteiger partial charge in [-0.2, -0.15) is 0 Å². The number of carbonyl (C=O) groups excluding carboxylic acids is 1. The fourth-order valence-corrected chi connectivity index (χ4v) is 1.65. The largest absolute Gasteiger partial charge is 0.340 e. The first-order valence-electron chi connectivity index (χ1n) is 6.10. The van der Waals surface area contributed by atoms with Crippen LogP contribution in [0.15, 0.2) is 48.5 Å². The monoisotopic (exact) mass is 305 g/mol. The molecular weight excluding hydrogens is 290 g/mol. The van der Waals surface area contributed by atoms with Crippen molar-refractivity contribution in [3.63, 3.8) is 0 Å². The van der Waals surface area contributed by atoms with Crippen molar-refractivity contribution in [3.05, 3.63) is 59.8 Å². The zero-order valence-corrected chi connectivity index (χ0v) is 12.2. The summed E-state index contributed by atoms with van der Waals surface area (Å²) < 4.78 is 0. The van der Waals surface area contributed by atoms with Crippen molar-refractivity contribution in [2.75, 3.05) is 5.32 Å². The molecule has 0 aliphatic rings. The van der Waals surface area contributed by atoms with E-state index in [1.807, 2.05) is 49.4 Å². The first-order chi connectivity index (χ1) is 9.67. The minimum Gasteiger partial charge on any atom is -0.340 e. The van der Waals surface area contributed by atoms with Crippen molar-refractivity contribution in [1.29, 1.82) is 0 Å². The number of aryl methyl sites for hydroxylation is 1. The molecule has 21 heavy (non-hydrogen) atoms. The van der Waals surface area contributed by atoms with Gasteiger partial charge in [0.25, 0.3) is 5.91 Å². The Morgan fingerprint density at radius 2 is 1.90 bits per heavy atom. The molecule has 1 amide bonds. The second-order valence-electron chi connectivity index (χ2n) is 4.22. The average Bonchev–Trinajstić information content (AvgIpc) is 2.46. The van der Waals surface area contributed by atoms with Gasteiger partial charge in [-0.1, -0.05) is 18.2 Å². The number of amides is 1. The molecule has 0 aliphatic heterocycles. The molecule has 0 radical (unpaired) electrons. The molecule has 1 aromatic heterocycles. The van der Waals surface area contributed by atoms with Crippen molar-refractivity contribution in [2.45, 2.75) is 6.92 Å². The Balaban J connectivity index is 0.00000220. The molecule has 1 heterocycles. The Morgan fingerprint density at radius 3 is 2.52 bits per heavy atom. The average molecular weight is 306 g/mol. The first-order valence-corrected chi connectivity index (χ1v) is 6.10. The maximum atomic E-state index is 10.9. The van der Waals surface area contributed by atoms with Gasteiger partial charge in [-0.15, -0.1) is 12.4 Å². The van der Waals surface area contributed by atoms with Gasteiger partial charge < -0.3 is 5.32 Å². The molecular formula is C15H16ClN3O2. The van der Waals surface area contributed by atoms with Crippen LogP contribution in [0.5, 0.6) is 0 Å². The third kappa shape index (κ3) is 5.25. The molecule has 110 valence electrons. The molecule has 2 rings (SSSR count). The van der Waals surface area contributed by atoms with Gasteiger partial charge in [-0.05, 0) is 42.8 Å². The predicted octanol–water partition coefficient (Wildman–Crippen LogP) is 3.07. The highest BCUT2D eigenvalue weighted by Gasteiger charge is 1.97. The van der Waals surface area contributed by atoms with Crippen LogP contribution in [0.3, 0.4) is 0 Å². The minimum absolute atomic E-state index is 0. The van der Waals surface area contributed by atoms with Gasteiger partial charge >= 0.3 is 0 Å². The van der Waals surface area contributed by atoms with E-state index >= 15 is 0 Å². The third-order valence-corrected chi connectivity index (χ3v) is 2.61. The summed E-state index contributed by atoms with van der Waals surface area (Å²) in [6, 6.07) is 13.3. The summed E-state index contributed by atoms with van der Waals surface area (Å²) in [5.74, 6) is 0.226. The van der Waals surface area contributed by atoms with E-state index in [0.717, 1.165) is 22.8 Å². The van der Waals surface area contributed by atoms with Gasteiger partial charge in [0.15, 0.2) is 0 Å². The SMILES string of the molecule is Cc1cccc(Nc2ccc(/C=C/C(=O)NO)cc2)n1.Cl. The maximum Gasteiger partial charge on any atom is 0.267 e. The smallest absolute Gasteiger partial charge is 0.267 e. The molecule has 3 N–H and O–H groups in total. The zero-order chi connectivity index (χ0) is 14.4. The van der Waals surface area contributed by atoms with Crippen molar-refractivity contribution in [2.24, 2.45) is 0 Å². The summed E-state index contributed by atoms with van der Waals surface area (Å²) in [5, 5.41) is 11.6. The minimum atomic E-state index is -0.559. The fourth-order valence-electron chi connectivity index (χ4n) is 1.65. The lowest BCUT2D eigenvalue weighted by molar-refractivity contribution is -0.124. The number of rotatable bonds is 4. The maximum absolute atomic E-state index is 10.9. The summed E-state index contributed by atoms with van der Waals surface area (Å²) in [7, 11) is 0. The van der Waals surface area contributed by atoms with Crippen LogP contribution in [0.1, 0.15) is 11.3 Å². The quantitative estimate of drug-likeness (QED) is 0.461. The molecule has 0 fully saturated rings. The van der Waals surface area contributed by atoms with Crippen LogP contribution in [-0.2, 0) is 4.79 Å². The molecule has 2 aromatic rings. The molecule has 0 saturated carbocycles. The van der Waals surface area contributed by atoms with Gasteiger partial charge in [0.05, 0.1) is 0 Å². The highest BCUT2D eigenvalue weighted by atomic mass is 35.5. The molecule has 5 nitrogen and oxygen atoms in total. The lowest BCUT2D eigenvalue weighted by Gasteiger charge is -2.06. The summed E-state index contributed by atoms with van der Waals surface area (Å²) in [6.45, 7) is 1.94. The normalized spacial score (nSPS) is 10.0. The second kappa shape index (κ2) is 8.04. The van der Waals surface area contributed by atoms with Crippen LogP contribution in [0.2, 0.25) is 0 Å². The molecule has 0 spiro atoms. The van der Waals surface area contributed by atoms with E-state index in [2.05, 4.69) is 10.3 Å². The van der Waals surface area contributed by atoms with Gasteiger partial charge in [0.1, 0.15) is 5.82 Å². The highest BCUT2D eigenvalue weighted by Crippen LogP contribution is 2.16. The van der Waals surface area contributed by atoms with Gasteiger partial charge in [-0.3, -0.25) is 10.0 Å². The summed E-state index contributed by atoms with van der Waals surface area (Å²) in [6.07, 6.45) is 2.87. The topological polar surface area (TPSA) is 74.2 Å². The number of hydroxylamine groups is 1. The van der Waals surface area contributed by atoms with E-state index in [4.69, 9.17) is 5.21 Å². The standard InChI is InChI=1S/C15H15N3O2.ClH/c1-11-3-2-4-14(16-11)17-13-8-5-12(6-9-13)7-10-15(19)18-20;/h2-10,20H,1H3,(H,16,17)(H,18,19);1H/b10-7+;. The number of aromatic nitrogens is 1. The summed E-state index contributed by atoms with van der Waals surface area (Å²) in [5.41, 5.74) is 4.25. The molecule has 0 unspecified atom stereocenters. The number of anilines is 2. The number of benzene rings is 1. The van der Waals surface area contributed by atoms with Gasteiger partial charge in [0.2, 0.25) is 0 Å². The Labute approximate surface area is 129 Å². The van der Waals surface area contributed by atoms with Crippen LogP contribution in [0.4, 0.5) is 11.5 Å². The van der Waals surface area contributed by atoms with Crippen LogP contribution < -0.4 is 10.8 Å². The highest BCUT2D eigenvalue weighted by molar-refractivity contribution is 5.90. The number of halogens is 1. The van der Waals surface area contributed by atoms with E-state index in [0.29, 0.717) is 0 Å². The van der Waals surface area contributed by atoms with Crippen LogP contribution >= 0.6 is 12.4 Å². The van der Waals surface area contributed by atoms with E-state index in [1.165, 1.54) is 11.6 Å². The Bertz CT molecular complexity index is 627. The van der Waals surface area contributed by atoms with Crippen LogP contribution in [0.25, 0.3) is 6.08 Å². The number of pyridine rings is 1. The van der Waals surface area contributed by atoms with E-state index in [-0.39, 0.29) is 12.4 Å². The van der Waals surface area contributed by atoms with Gasteiger partial charge in [-0.25, -0.2) is 10.5 Å². The molecule has 0 saturated heterocycles. The molecule has 1 aromatic carbocycles. The molecule has 0 aliphatic carbocycles. The summed E-state index contributed by atoms with van der Waals surface area (Å²) in [4.78, 5) is 15.2. The van der Waals surface area contributed by atoms with Crippen LogP contribution in [0, 0.1) is 6.92 Å². The van der Waals surface area contributed by atoms with Gasteiger partial charge in [0, 0.05) is 17.5 Å². The predicted molar refractivity (Wildman–Crippen MR) is 84.9 cm³/mol. The molecule has 0 atom stereocenters. The first kappa shape index (κ1) is 16.7. The number of nitrogens with zero attached hydrogens (tertiary/aromatic N) is 1. The van der Waals surface area contributed by atoms with Crippen molar-refractivity contribution in [3.8, 4) is 0 Å². The lowest BCUT2D eigenvalue weighted by Crippen LogP contribution is -2.14. The van der Waals surface area contributed by atoms with E-state index < -0.39 is 5.91 Å². The number of hydrogen-bond donors (Lipinski definition) is 3. The van der Waals surface area contributed by atoms with Crippen LogP contribution in [-0.4, -0.2) is 16.1 Å².